The van der Waals surface area contributed by atoms with Crippen LogP contribution in [0.25, 0.3) is 0 Å². The summed E-state index contributed by atoms with van der Waals surface area (Å²) in [6.07, 6.45) is 2.93. The van der Waals surface area contributed by atoms with Crippen molar-refractivity contribution >= 4 is 23.5 Å². The number of amides is 4. The Morgan fingerprint density at radius 1 is 1.07 bits per heavy atom. The van der Waals surface area contributed by atoms with Gasteiger partial charge in [0.15, 0.2) is 0 Å². The van der Waals surface area contributed by atoms with Crippen LogP contribution in [0.5, 0.6) is 0 Å². The molecule has 0 spiro atoms. The van der Waals surface area contributed by atoms with Gasteiger partial charge in [-0.05, 0) is 44.4 Å². The van der Waals surface area contributed by atoms with Crippen molar-refractivity contribution in [2.45, 2.75) is 39.2 Å². The summed E-state index contributed by atoms with van der Waals surface area (Å²) < 4.78 is 0. The maximum Gasteiger partial charge on any atom is 0.321 e. The first-order chi connectivity index (χ1) is 12.9. The second-order valence-corrected chi connectivity index (χ2v) is 7.47. The highest BCUT2D eigenvalue weighted by Crippen LogP contribution is 2.26. The van der Waals surface area contributed by atoms with E-state index >= 15 is 0 Å². The van der Waals surface area contributed by atoms with Gasteiger partial charge in [-0.1, -0.05) is 18.6 Å². The molecule has 0 radical (unpaired) electrons. The number of anilines is 1. The summed E-state index contributed by atoms with van der Waals surface area (Å²) in [5.41, 5.74) is 1.85. The number of hydrogen-bond donors (Lipinski definition) is 2. The van der Waals surface area contributed by atoms with E-state index in [0.717, 1.165) is 30.5 Å². The standard InChI is InChI=1S/C20H28N4O3/c1-14-5-3-8-17(13-14)22-20(27)24-11-9-23(10-12-24)19(26)15(2)21-18(25)16-6-4-7-16/h3,5,8,13,15-16H,4,6-7,9-12H2,1-2H3,(H,21,25)(H,22,27). The fourth-order valence-electron chi connectivity index (χ4n) is 3.39. The number of piperazine rings is 1. The fourth-order valence-corrected chi connectivity index (χ4v) is 3.39. The van der Waals surface area contributed by atoms with Crippen LogP contribution in [0.3, 0.4) is 0 Å². The van der Waals surface area contributed by atoms with Crippen molar-refractivity contribution < 1.29 is 14.4 Å². The van der Waals surface area contributed by atoms with E-state index in [9.17, 15) is 14.4 Å². The van der Waals surface area contributed by atoms with Crippen LogP contribution in [-0.4, -0.2) is 59.9 Å². The molecule has 1 aromatic carbocycles. The number of rotatable bonds is 4. The van der Waals surface area contributed by atoms with Crippen LogP contribution in [0.2, 0.25) is 0 Å². The summed E-state index contributed by atoms with van der Waals surface area (Å²) in [6, 6.07) is 6.98. The van der Waals surface area contributed by atoms with Gasteiger partial charge >= 0.3 is 6.03 Å². The predicted molar refractivity (Wildman–Crippen MR) is 103 cm³/mol. The SMILES string of the molecule is Cc1cccc(NC(=O)N2CCN(C(=O)C(C)NC(=O)C3CCC3)CC2)c1. The Hall–Kier alpha value is -2.57. The zero-order valence-electron chi connectivity index (χ0n) is 16.0. The highest BCUT2D eigenvalue weighted by Gasteiger charge is 2.31. The van der Waals surface area contributed by atoms with E-state index in [2.05, 4.69) is 10.6 Å². The molecule has 1 aliphatic heterocycles. The summed E-state index contributed by atoms with van der Waals surface area (Å²) in [5, 5.41) is 5.73. The van der Waals surface area contributed by atoms with Crippen molar-refractivity contribution in [2.75, 3.05) is 31.5 Å². The van der Waals surface area contributed by atoms with Crippen molar-refractivity contribution in [1.29, 1.82) is 0 Å². The van der Waals surface area contributed by atoms with Crippen LogP contribution >= 0.6 is 0 Å². The van der Waals surface area contributed by atoms with Crippen molar-refractivity contribution in [3.63, 3.8) is 0 Å². The second-order valence-electron chi connectivity index (χ2n) is 7.47. The van der Waals surface area contributed by atoms with Gasteiger partial charge in [0.2, 0.25) is 11.8 Å². The molecule has 2 fully saturated rings. The van der Waals surface area contributed by atoms with Crippen molar-refractivity contribution in [3.8, 4) is 0 Å². The molecule has 27 heavy (non-hydrogen) atoms. The molecule has 3 rings (SSSR count). The zero-order chi connectivity index (χ0) is 19.4. The van der Waals surface area contributed by atoms with E-state index in [-0.39, 0.29) is 23.8 Å². The Bertz CT molecular complexity index is 709. The Kier molecular flexibility index (Phi) is 5.98. The van der Waals surface area contributed by atoms with Crippen LogP contribution in [0, 0.1) is 12.8 Å². The average molecular weight is 372 g/mol. The molecule has 1 heterocycles. The van der Waals surface area contributed by atoms with E-state index in [1.54, 1.807) is 16.7 Å². The molecule has 7 nitrogen and oxygen atoms in total. The lowest BCUT2D eigenvalue weighted by Crippen LogP contribution is -2.56. The average Bonchev–Trinajstić information content (AvgIpc) is 2.59. The molecule has 146 valence electrons. The van der Waals surface area contributed by atoms with Crippen molar-refractivity contribution in [2.24, 2.45) is 5.92 Å². The third-order valence-electron chi connectivity index (χ3n) is 5.35. The van der Waals surface area contributed by atoms with Gasteiger partial charge in [-0.25, -0.2) is 4.79 Å². The van der Waals surface area contributed by atoms with Gasteiger partial charge < -0.3 is 20.4 Å². The topological polar surface area (TPSA) is 81.8 Å². The first-order valence-electron chi connectivity index (χ1n) is 9.66. The highest BCUT2D eigenvalue weighted by atomic mass is 16.2. The molecule has 2 N–H and O–H groups in total. The fraction of sp³-hybridized carbons (Fsp3) is 0.550. The van der Waals surface area contributed by atoms with Gasteiger partial charge in [-0.15, -0.1) is 0 Å². The lowest BCUT2D eigenvalue weighted by atomic mass is 9.84. The summed E-state index contributed by atoms with van der Waals surface area (Å²) >= 11 is 0. The van der Waals surface area contributed by atoms with Gasteiger partial charge in [-0.2, -0.15) is 0 Å². The van der Waals surface area contributed by atoms with Gasteiger partial charge in [0, 0.05) is 37.8 Å². The third-order valence-corrected chi connectivity index (χ3v) is 5.35. The molecule has 2 aliphatic rings. The second kappa shape index (κ2) is 8.41. The van der Waals surface area contributed by atoms with Gasteiger partial charge in [0.1, 0.15) is 6.04 Å². The number of carbonyl (C=O) groups is 3. The normalized spacial score (nSPS) is 18.4. The molecule has 7 heteroatoms. The third kappa shape index (κ3) is 4.78. The molecule has 1 saturated carbocycles. The first kappa shape index (κ1) is 19.2. The molecule has 1 aromatic rings. The molecule has 0 bridgehead atoms. The van der Waals surface area contributed by atoms with E-state index in [0.29, 0.717) is 26.2 Å². The predicted octanol–water partition coefficient (Wildman–Crippen LogP) is 1.98. The van der Waals surface area contributed by atoms with Gasteiger partial charge in [0.05, 0.1) is 0 Å². The summed E-state index contributed by atoms with van der Waals surface area (Å²) in [5.74, 6) is -0.0258. The lowest BCUT2D eigenvalue weighted by Gasteiger charge is -2.36. The Balaban J connectivity index is 1.45. The molecule has 0 aromatic heterocycles. The van der Waals surface area contributed by atoms with Crippen LogP contribution in [0.15, 0.2) is 24.3 Å². The first-order valence-corrected chi connectivity index (χ1v) is 9.66. The molecule has 1 saturated heterocycles. The maximum atomic E-state index is 12.6. The van der Waals surface area contributed by atoms with E-state index in [4.69, 9.17) is 0 Å². The van der Waals surface area contributed by atoms with Crippen molar-refractivity contribution in [1.82, 2.24) is 15.1 Å². The van der Waals surface area contributed by atoms with E-state index < -0.39 is 6.04 Å². The maximum absolute atomic E-state index is 12.6. The zero-order valence-corrected chi connectivity index (χ0v) is 16.0. The monoisotopic (exact) mass is 372 g/mol. The van der Waals surface area contributed by atoms with Gasteiger partial charge in [-0.3, -0.25) is 9.59 Å². The quantitative estimate of drug-likeness (QED) is 0.848. The van der Waals surface area contributed by atoms with E-state index in [1.165, 1.54) is 0 Å². The Morgan fingerprint density at radius 3 is 2.33 bits per heavy atom. The number of hydrogen-bond acceptors (Lipinski definition) is 3. The molecular formula is C20H28N4O3. The number of urea groups is 1. The molecule has 4 amide bonds. The van der Waals surface area contributed by atoms with E-state index in [1.807, 2.05) is 31.2 Å². The highest BCUT2D eigenvalue weighted by molar-refractivity contribution is 5.90. The Labute approximate surface area is 160 Å². The summed E-state index contributed by atoms with van der Waals surface area (Å²) in [4.78, 5) is 40.4. The summed E-state index contributed by atoms with van der Waals surface area (Å²) in [6.45, 7) is 5.62. The lowest BCUT2D eigenvalue weighted by molar-refractivity contribution is -0.138. The van der Waals surface area contributed by atoms with Crippen LogP contribution < -0.4 is 10.6 Å². The molecule has 1 unspecified atom stereocenters. The number of nitrogens with zero attached hydrogens (tertiary/aromatic N) is 2. The van der Waals surface area contributed by atoms with Crippen LogP contribution in [0.4, 0.5) is 10.5 Å². The number of nitrogens with one attached hydrogen (secondary N) is 2. The minimum Gasteiger partial charge on any atom is -0.344 e. The molecule has 1 atom stereocenters. The largest absolute Gasteiger partial charge is 0.344 e. The number of benzene rings is 1. The molecular weight excluding hydrogens is 344 g/mol. The smallest absolute Gasteiger partial charge is 0.321 e. The number of aryl methyl sites for hydroxylation is 1. The van der Waals surface area contributed by atoms with Crippen LogP contribution in [0.1, 0.15) is 31.7 Å². The molecule has 1 aliphatic carbocycles. The van der Waals surface area contributed by atoms with Crippen molar-refractivity contribution in [3.05, 3.63) is 29.8 Å². The summed E-state index contributed by atoms with van der Waals surface area (Å²) in [7, 11) is 0. The minimum atomic E-state index is -0.522. The number of carbonyl (C=O) groups excluding carboxylic acids is 3. The minimum absolute atomic E-state index is 0.0155. The van der Waals surface area contributed by atoms with Gasteiger partial charge in [0.25, 0.3) is 0 Å². The van der Waals surface area contributed by atoms with Crippen LogP contribution in [-0.2, 0) is 9.59 Å². The Morgan fingerprint density at radius 2 is 1.74 bits per heavy atom.